The number of aryl methyl sites for hydroxylation is 2. The first kappa shape index (κ1) is 53.5. The number of ether oxygens (including phenoxy) is 2. The number of Topliss-reactive ketones (excluding diaryl/α,β-unsaturated/α-hetero) is 1. The highest BCUT2D eigenvalue weighted by Crippen LogP contribution is 2.33. The Morgan fingerprint density at radius 3 is 1.81 bits per heavy atom. The molecule has 8 rings (SSSR count). The van der Waals surface area contributed by atoms with Crippen molar-refractivity contribution < 1.29 is 46.4 Å². The number of carbonyl (C=O) groups is 1. The summed E-state index contributed by atoms with van der Waals surface area (Å²) in [4.78, 5) is 25.4. The second kappa shape index (κ2) is 26.7. The van der Waals surface area contributed by atoms with E-state index in [1.54, 1.807) is 20.3 Å². The fraction of sp³-hybridized carbons (Fsp3) is 0.120. The van der Waals surface area contributed by atoms with Crippen LogP contribution < -0.4 is 37.2 Å². The van der Waals surface area contributed by atoms with Gasteiger partial charge in [0.25, 0.3) is 5.82 Å². The van der Waals surface area contributed by atoms with Gasteiger partial charge >= 0.3 is 0 Å². The van der Waals surface area contributed by atoms with Crippen molar-refractivity contribution in [1.29, 1.82) is 5.41 Å². The van der Waals surface area contributed by atoms with Crippen LogP contribution in [-0.4, -0.2) is 56.3 Å². The summed E-state index contributed by atoms with van der Waals surface area (Å²) in [5.74, 6) is 3.16. The maximum absolute atomic E-state index is 11.2. The summed E-state index contributed by atoms with van der Waals surface area (Å²) < 4.78 is 10.6. The number of carbonyl (C=O) groups excluding carboxylic acids is 1. The van der Waals surface area contributed by atoms with Gasteiger partial charge in [-0.15, -0.1) is 12.4 Å². The lowest BCUT2D eigenvalue weighted by Gasteiger charge is -2.08. The van der Waals surface area contributed by atoms with E-state index >= 15 is 0 Å². The monoisotopic (exact) mass is 1010 g/mol. The first-order valence-electron chi connectivity index (χ1n) is 19.1. The Morgan fingerprint density at radius 1 is 0.688 bits per heavy atom. The van der Waals surface area contributed by atoms with Crippen molar-refractivity contribution in [2.75, 3.05) is 19.5 Å². The number of phenolic OH excluding ortho intramolecular Hbond substituents is 2. The van der Waals surface area contributed by atoms with Crippen LogP contribution in [0.3, 0.4) is 0 Å². The Morgan fingerprint density at radius 2 is 1.27 bits per heavy atom. The highest BCUT2D eigenvalue weighted by molar-refractivity contribution is 9.09. The molecule has 0 atom stereocenters. The Labute approximate surface area is 399 Å². The number of aromatic hydroxyl groups is 2. The minimum atomic E-state index is -0.131. The summed E-state index contributed by atoms with van der Waals surface area (Å²) in [5, 5.41) is 26.2. The largest absolute Gasteiger partial charge is 1.00 e. The number of methoxy groups -OCH3 is 2. The molecule has 14 heteroatoms. The molecule has 0 spiro atoms. The topological polar surface area (TPSA) is 184 Å². The van der Waals surface area contributed by atoms with Gasteiger partial charge in [0.05, 0.1) is 37.0 Å². The molecular weight excluding hydrogens is 960 g/mol. The number of alkyl halides is 1. The Bertz CT molecular complexity index is 2660. The number of hydrogen-bond donors (Lipinski definition) is 6. The standard InChI is InChI=1S/C17H16N2O2.C15H12N2O2.C10H11BrO.C7H8N2.CH4.BrH.ClH/c1-20-15-9-8-13(10-16(15)21-2)14-11-18-17(19-14)12-6-4-3-5-7-12;18-13-7-6-11(8-14(13)19)12-9-16-15(17-12)10-4-2-1-3-5-10;1-7-3-4-9(5-8(7)2)10(12)6-11;8-7(9)6-4-2-1-3-5-6;;;/h3-11H,1-2H3,(H,18,19);1-9,18-19H,(H,16,17);3-5H,6H2,1-2H3;1-5H,(H3,8,9);1H4;2*1H. The van der Waals surface area contributed by atoms with E-state index in [0.717, 1.165) is 56.4 Å². The van der Waals surface area contributed by atoms with Crippen LogP contribution in [0.1, 0.15) is 34.5 Å². The number of halogens is 3. The zero-order valence-corrected chi connectivity index (χ0v) is 39.0. The van der Waals surface area contributed by atoms with Crippen LogP contribution in [0.5, 0.6) is 23.0 Å². The van der Waals surface area contributed by atoms with Gasteiger partial charge in [-0.05, 0) is 79.6 Å². The fourth-order valence-corrected chi connectivity index (χ4v) is 6.11. The quantitative estimate of drug-likeness (QED) is 0.0277. The molecule has 11 nitrogen and oxygen atoms in total. The molecule has 0 amide bonds. The van der Waals surface area contributed by atoms with Gasteiger partial charge in [0.2, 0.25) is 0 Å². The van der Waals surface area contributed by atoms with E-state index < -0.39 is 0 Å². The van der Waals surface area contributed by atoms with E-state index in [4.69, 9.17) is 20.6 Å². The van der Waals surface area contributed by atoms with Crippen LogP contribution in [-0.2, 0) is 0 Å². The van der Waals surface area contributed by atoms with E-state index in [-0.39, 0.29) is 59.9 Å². The molecule has 0 saturated carbocycles. The lowest BCUT2D eigenvalue weighted by Crippen LogP contribution is -3.00. The molecule has 0 saturated heterocycles. The van der Waals surface area contributed by atoms with Crippen LogP contribution in [0.25, 0.3) is 45.3 Å². The molecule has 334 valence electrons. The Hall–Kier alpha value is -6.67. The number of benzene rings is 6. The van der Waals surface area contributed by atoms with Crippen molar-refractivity contribution in [1.82, 2.24) is 15.0 Å². The number of phenols is 2. The number of nitrogen functional groups attached to an aromatic ring is 1. The van der Waals surface area contributed by atoms with Crippen LogP contribution in [0.4, 0.5) is 0 Å². The summed E-state index contributed by atoms with van der Waals surface area (Å²) in [6.07, 6.45) is 3.65. The molecular formula is C50H53Br2ClN6O5. The molecule has 6 aromatic carbocycles. The summed E-state index contributed by atoms with van der Waals surface area (Å²) in [5.41, 5.74) is 14.8. The number of amidine groups is 1. The van der Waals surface area contributed by atoms with Crippen molar-refractivity contribution in [3.05, 3.63) is 180 Å². The van der Waals surface area contributed by atoms with Gasteiger partial charge < -0.3 is 47.4 Å². The minimum absolute atomic E-state index is 0. The van der Waals surface area contributed by atoms with Gasteiger partial charge in [-0.1, -0.05) is 114 Å². The van der Waals surface area contributed by atoms with E-state index in [1.165, 1.54) is 23.3 Å². The molecule has 0 aliphatic rings. The number of aromatic nitrogens is 4. The summed E-state index contributed by atoms with van der Waals surface area (Å²) in [7, 11) is 3.26. The van der Waals surface area contributed by atoms with Crippen LogP contribution >= 0.6 is 28.3 Å². The van der Waals surface area contributed by atoms with Crippen molar-refractivity contribution in [2.24, 2.45) is 5.73 Å². The molecule has 2 heterocycles. The predicted molar refractivity (Wildman–Crippen MR) is 260 cm³/mol. The smallest absolute Gasteiger partial charge is 0.284 e. The number of imidazole rings is 2. The van der Waals surface area contributed by atoms with Gasteiger partial charge in [0.1, 0.15) is 17.9 Å². The number of ketones is 1. The highest BCUT2D eigenvalue weighted by atomic mass is 79.9. The third-order valence-corrected chi connectivity index (χ3v) is 9.83. The maximum atomic E-state index is 11.2. The Kier molecular flexibility index (Phi) is 22.3. The Balaban J connectivity index is 0.000000302. The molecule has 8 aromatic rings. The third-order valence-electron chi connectivity index (χ3n) is 9.32. The van der Waals surface area contributed by atoms with Gasteiger partial charge in [0.15, 0.2) is 34.5 Å². The second-order valence-corrected chi connectivity index (χ2v) is 14.0. The molecule has 0 aliphatic carbocycles. The van der Waals surface area contributed by atoms with E-state index in [1.807, 2.05) is 154 Å². The molecule has 0 radical (unpaired) electrons. The van der Waals surface area contributed by atoms with E-state index in [9.17, 15) is 15.0 Å². The number of aromatic amines is 3. The average molecular weight is 1010 g/mol. The number of nitrogens with one attached hydrogen (secondary N) is 4. The summed E-state index contributed by atoms with van der Waals surface area (Å²) >= 11 is 3.15. The average Bonchev–Trinajstić information content (AvgIpc) is 4.01. The van der Waals surface area contributed by atoms with Crippen molar-refractivity contribution in [3.63, 3.8) is 0 Å². The van der Waals surface area contributed by atoms with Crippen molar-refractivity contribution >= 4 is 40.0 Å². The molecule has 2 aromatic heterocycles. The van der Waals surface area contributed by atoms with Gasteiger partial charge in [-0.3, -0.25) is 10.2 Å². The zero-order valence-electron chi connectivity index (χ0n) is 35.0. The molecule has 0 fully saturated rings. The SMILES string of the molecule is C.COc1ccc(-c2cnc(-c3ccccc3)[nH]2)cc1OC.Cc1ccc(C(=O)CBr)cc1C.Cl.N=C(N)c1ccccc1.Oc1ccc(-c2c[nH+]c(-c3ccccc3)[nH]2)cc1O.[Br-]. The highest BCUT2D eigenvalue weighted by Gasteiger charge is 2.14. The lowest BCUT2D eigenvalue weighted by atomic mass is 10.0. The summed E-state index contributed by atoms with van der Waals surface area (Å²) in [6.45, 7) is 4.05. The first-order chi connectivity index (χ1) is 29.5. The van der Waals surface area contributed by atoms with Gasteiger partial charge in [0, 0.05) is 27.8 Å². The fourth-order valence-electron chi connectivity index (χ4n) is 5.78. The van der Waals surface area contributed by atoms with Gasteiger partial charge in [-0.25, -0.2) is 15.0 Å². The maximum Gasteiger partial charge on any atom is 0.284 e. The van der Waals surface area contributed by atoms with E-state index in [0.29, 0.717) is 16.8 Å². The zero-order chi connectivity index (χ0) is 43.7. The minimum Gasteiger partial charge on any atom is -1.00 e. The van der Waals surface area contributed by atoms with E-state index in [2.05, 4.69) is 35.9 Å². The number of nitrogens with zero attached hydrogens (tertiary/aromatic N) is 1. The predicted octanol–water partition coefficient (Wildman–Crippen LogP) is 8.25. The number of H-pyrrole nitrogens is 3. The first-order valence-corrected chi connectivity index (χ1v) is 20.2. The number of hydrogen-bond acceptors (Lipinski definition) is 7. The van der Waals surface area contributed by atoms with Crippen molar-refractivity contribution in [3.8, 4) is 68.3 Å². The second-order valence-electron chi connectivity index (χ2n) is 13.5. The van der Waals surface area contributed by atoms with Crippen LogP contribution in [0.2, 0.25) is 0 Å². The van der Waals surface area contributed by atoms with Gasteiger partial charge in [-0.2, -0.15) is 0 Å². The molecule has 0 unspecified atom stereocenters. The molecule has 0 aliphatic heterocycles. The molecule has 8 N–H and O–H groups in total. The number of nitrogens with two attached hydrogens (primary N) is 1. The summed E-state index contributed by atoms with van der Waals surface area (Å²) in [6, 6.07) is 45.4. The number of rotatable bonds is 9. The third kappa shape index (κ3) is 15.0. The normalized spacial score (nSPS) is 9.64. The molecule has 64 heavy (non-hydrogen) atoms. The van der Waals surface area contributed by atoms with Crippen molar-refractivity contribution in [2.45, 2.75) is 21.3 Å². The molecule has 0 bridgehead atoms. The van der Waals surface area contributed by atoms with Crippen LogP contribution in [0.15, 0.2) is 158 Å². The lowest BCUT2D eigenvalue weighted by molar-refractivity contribution is -0.361. The van der Waals surface area contributed by atoms with Crippen LogP contribution in [0, 0.1) is 19.3 Å².